The Morgan fingerprint density at radius 2 is 2.08 bits per heavy atom. The largest absolute Gasteiger partial charge is 0.355 e. The number of likely N-dealkylation sites (tertiary alicyclic amines) is 1. The Morgan fingerprint density at radius 1 is 1.31 bits per heavy atom. The van der Waals surface area contributed by atoms with Crippen molar-refractivity contribution < 1.29 is 0 Å². The second-order valence-corrected chi connectivity index (χ2v) is 6.98. The van der Waals surface area contributed by atoms with Crippen molar-refractivity contribution in [3.63, 3.8) is 0 Å². The van der Waals surface area contributed by atoms with Crippen molar-refractivity contribution in [2.24, 2.45) is 12.0 Å². The molecule has 1 atom stereocenters. The van der Waals surface area contributed by atoms with Gasteiger partial charge in [0.25, 0.3) is 0 Å². The van der Waals surface area contributed by atoms with Crippen LogP contribution in [0.2, 0.25) is 0 Å². The van der Waals surface area contributed by atoms with Crippen LogP contribution in [0.1, 0.15) is 44.3 Å². The molecule has 2 N–H and O–H groups in total. The lowest BCUT2D eigenvalue weighted by atomic mass is 10.2. The monoisotopic (exact) mass is 473 g/mol. The Labute approximate surface area is 173 Å². The molecule has 0 saturated carbocycles. The first kappa shape index (κ1) is 21.1. The molecule has 0 aromatic carbocycles. The Balaban J connectivity index is 0.00000243. The number of hydrogen-bond acceptors (Lipinski definition) is 4. The van der Waals surface area contributed by atoms with Gasteiger partial charge in [0.1, 0.15) is 12.4 Å². The van der Waals surface area contributed by atoms with Gasteiger partial charge in [-0.3, -0.25) is 4.90 Å². The van der Waals surface area contributed by atoms with Gasteiger partial charge >= 0.3 is 0 Å². The second kappa shape index (κ2) is 10.2. The smallest absolute Gasteiger partial charge is 0.192 e. The highest BCUT2D eigenvalue weighted by Gasteiger charge is 2.23. The molecule has 0 spiro atoms. The zero-order valence-corrected chi connectivity index (χ0v) is 18.4. The first-order chi connectivity index (χ1) is 12.2. The molecule has 1 aromatic rings. The van der Waals surface area contributed by atoms with E-state index in [1.807, 2.05) is 18.5 Å². The van der Waals surface area contributed by atoms with Crippen LogP contribution < -0.4 is 10.6 Å². The van der Waals surface area contributed by atoms with Crippen molar-refractivity contribution in [1.82, 2.24) is 30.3 Å². The fourth-order valence-electron chi connectivity index (χ4n) is 3.58. The van der Waals surface area contributed by atoms with Crippen molar-refractivity contribution in [2.75, 3.05) is 19.6 Å². The Morgan fingerprint density at radius 3 is 2.73 bits per heavy atom. The third kappa shape index (κ3) is 5.42. The summed E-state index contributed by atoms with van der Waals surface area (Å²) in [4.78, 5) is 7.32. The highest BCUT2D eigenvalue weighted by atomic mass is 127. The number of nitrogens with one attached hydrogen (secondary N) is 2. The van der Waals surface area contributed by atoms with E-state index in [9.17, 15) is 0 Å². The summed E-state index contributed by atoms with van der Waals surface area (Å²) in [7, 11) is 1.99. The first-order valence-corrected chi connectivity index (χ1v) is 9.46. The Kier molecular flexibility index (Phi) is 8.33. The van der Waals surface area contributed by atoms with Crippen molar-refractivity contribution in [3.05, 3.63) is 23.8 Å². The van der Waals surface area contributed by atoms with Crippen LogP contribution in [0.4, 0.5) is 0 Å². The number of rotatable bonds is 6. The molecule has 0 radical (unpaired) electrons. The predicted octanol–water partition coefficient (Wildman–Crippen LogP) is 1.98. The zero-order valence-electron chi connectivity index (χ0n) is 16.1. The quantitative estimate of drug-likeness (QED) is 0.286. The predicted molar refractivity (Wildman–Crippen MR) is 116 cm³/mol. The standard InChI is InChI=1S/C18H31N7.HI/c1-4-25-11-7-10-16(25)12-19-18(21-15-8-5-6-9-15)20-13-17-23-22-14(2)24(17)3;/h5-6,15-16H,4,7-13H2,1-3H3,(H2,19,20,21);1H. The summed E-state index contributed by atoms with van der Waals surface area (Å²) in [5.41, 5.74) is 0. The summed E-state index contributed by atoms with van der Waals surface area (Å²) in [6, 6.07) is 1.05. The third-order valence-corrected chi connectivity index (χ3v) is 5.32. The molecule has 1 aliphatic heterocycles. The lowest BCUT2D eigenvalue weighted by molar-refractivity contribution is 0.266. The second-order valence-electron chi connectivity index (χ2n) is 6.98. The van der Waals surface area contributed by atoms with E-state index in [1.165, 1.54) is 19.4 Å². The van der Waals surface area contributed by atoms with E-state index >= 15 is 0 Å². The van der Waals surface area contributed by atoms with Crippen molar-refractivity contribution >= 4 is 29.9 Å². The topological polar surface area (TPSA) is 70.4 Å². The number of likely N-dealkylation sites (N-methyl/N-ethyl adjacent to an activating group) is 1. The maximum Gasteiger partial charge on any atom is 0.192 e. The fourth-order valence-corrected chi connectivity index (χ4v) is 3.58. The van der Waals surface area contributed by atoms with E-state index in [2.05, 4.69) is 44.8 Å². The van der Waals surface area contributed by atoms with Crippen LogP contribution in [0.25, 0.3) is 0 Å². The van der Waals surface area contributed by atoms with E-state index in [-0.39, 0.29) is 24.0 Å². The molecule has 0 amide bonds. The lowest BCUT2D eigenvalue weighted by Gasteiger charge is -2.25. The molecule has 1 saturated heterocycles. The summed E-state index contributed by atoms with van der Waals surface area (Å²) in [5, 5.41) is 15.5. The highest BCUT2D eigenvalue weighted by Crippen LogP contribution is 2.15. The van der Waals surface area contributed by atoms with Crippen molar-refractivity contribution in [3.8, 4) is 0 Å². The Hall–Kier alpha value is -1.16. The minimum Gasteiger partial charge on any atom is -0.355 e. The first-order valence-electron chi connectivity index (χ1n) is 9.46. The van der Waals surface area contributed by atoms with E-state index in [4.69, 9.17) is 4.99 Å². The molecule has 1 aromatic heterocycles. The minimum absolute atomic E-state index is 0. The van der Waals surface area contributed by atoms with Gasteiger partial charge in [-0.15, -0.1) is 34.2 Å². The molecule has 3 rings (SSSR count). The van der Waals surface area contributed by atoms with Gasteiger partial charge in [-0.05, 0) is 45.7 Å². The summed E-state index contributed by atoms with van der Waals surface area (Å²) in [5.74, 6) is 2.69. The normalized spacial score (nSPS) is 21.2. The van der Waals surface area contributed by atoms with Crippen molar-refractivity contribution in [2.45, 2.75) is 58.2 Å². The molecule has 2 heterocycles. The molecule has 2 aliphatic rings. The van der Waals surface area contributed by atoms with E-state index in [0.717, 1.165) is 43.5 Å². The van der Waals surface area contributed by atoms with Crippen LogP contribution in [-0.2, 0) is 13.6 Å². The van der Waals surface area contributed by atoms with Gasteiger partial charge in [0.2, 0.25) is 0 Å². The van der Waals surface area contributed by atoms with Gasteiger partial charge in [0.15, 0.2) is 11.8 Å². The third-order valence-electron chi connectivity index (χ3n) is 5.32. The number of hydrogen-bond donors (Lipinski definition) is 2. The molecule has 1 unspecified atom stereocenters. The van der Waals surface area contributed by atoms with Crippen LogP contribution in [0.3, 0.4) is 0 Å². The summed E-state index contributed by atoms with van der Waals surface area (Å²) >= 11 is 0. The number of halogens is 1. The van der Waals surface area contributed by atoms with Gasteiger partial charge < -0.3 is 15.2 Å². The molecular weight excluding hydrogens is 441 g/mol. The summed E-state index contributed by atoms with van der Waals surface area (Å²) < 4.78 is 1.99. The molecule has 1 fully saturated rings. The number of guanidine groups is 1. The van der Waals surface area contributed by atoms with E-state index in [1.54, 1.807) is 0 Å². The van der Waals surface area contributed by atoms with Crippen LogP contribution in [0.5, 0.6) is 0 Å². The Bertz CT molecular complexity index is 617. The average Bonchev–Trinajstić information content (AvgIpc) is 3.34. The highest BCUT2D eigenvalue weighted by molar-refractivity contribution is 14.0. The van der Waals surface area contributed by atoms with E-state index in [0.29, 0.717) is 18.6 Å². The maximum absolute atomic E-state index is 4.77. The van der Waals surface area contributed by atoms with Crippen molar-refractivity contribution in [1.29, 1.82) is 0 Å². The SMILES string of the molecule is CCN1CCCC1CNC(=NCc1nnc(C)n1C)NC1CC=CC1.I. The number of nitrogens with zero attached hydrogens (tertiary/aromatic N) is 5. The molecular formula is C18H32IN7. The van der Waals surface area contributed by atoms with Gasteiger partial charge in [-0.2, -0.15) is 0 Å². The van der Waals surface area contributed by atoms with Gasteiger partial charge in [-0.25, -0.2) is 4.99 Å². The van der Waals surface area contributed by atoms with Crippen LogP contribution in [0.15, 0.2) is 17.1 Å². The zero-order chi connectivity index (χ0) is 17.6. The average molecular weight is 473 g/mol. The van der Waals surface area contributed by atoms with Crippen LogP contribution in [0, 0.1) is 6.92 Å². The number of aryl methyl sites for hydroxylation is 1. The summed E-state index contributed by atoms with van der Waals surface area (Å²) in [6.45, 7) is 8.02. The molecule has 1 aliphatic carbocycles. The maximum atomic E-state index is 4.77. The van der Waals surface area contributed by atoms with Gasteiger partial charge in [0.05, 0.1) is 0 Å². The molecule has 146 valence electrons. The number of aliphatic imine (C=N–C) groups is 1. The molecule has 0 bridgehead atoms. The van der Waals surface area contributed by atoms with E-state index < -0.39 is 0 Å². The molecule has 26 heavy (non-hydrogen) atoms. The van der Waals surface area contributed by atoms with Gasteiger partial charge in [-0.1, -0.05) is 19.1 Å². The van der Waals surface area contributed by atoms with Gasteiger partial charge in [0, 0.05) is 25.7 Å². The number of aromatic nitrogens is 3. The fraction of sp³-hybridized carbons (Fsp3) is 0.722. The lowest BCUT2D eigenvalue weighted by Crippen LogP contribution is -2.47. The minimum atomic E-state index is 0. The molecule has 7 nitrogen and oxygen atoms in total. The van der Waals surface area contributed by atoms with Crippen LogP contribution >= 0.6 is 24.0 Å². The van der Waals surface area contributed by atoms with Crippen LogP contribution in [-0.4, -0.2) is 57.3 Å². The molecule has 8 heteroatoms. The summed E-state index contributed by atoms with van der Waals surface area (Å²) in [6.07, 6.45) is 9.16.